The van der Waals surface area contributed by atoms with Crippen molar-refractivity contribution in [3.8, 4) is 0 Å². The van der Waals surface area contributed by atoms with Crippen LogP contribution in [0.3, 0.4) is 0 Å². The predicted molar refractivity (Wildman–Crippen MR) is 70.1 cm³/mol. The van der Waals surface area contributed by atoms with Crippen molar-refractivity contribution in [2.24, 2.45) is 0 Å². The molecule has 0 aliphatic heterocycles. The van der Waals surface area contributed by atoms with E-state index in [1.807, 2.05) is 30.1 Å². The molecule has 5 heteroatoms. The summed E-state index contributed by atoms with van der Waals surface area (Å²) in [6.07, 6.45) is 0. The Hall–Kier alpha value is -1.26. The van der Waals surface area contributed by atoms with E-state index in [1.54, 1.807) is 17.4 Å². The molecule has 0 saturated carbocycles. The average Bonchev–Trinajstić information content (AvgIpc) is 2.70. The number of thiazole rings is 1. The molecular weight excluding hydrogens is 242 g/mol. The van der Waals surface area contributed by atoms with Crippen molar-refractivity contribution in [2.45, 2.75) is 6.54 Å². The highest BCUT2D eigenvalue weighted by molar-refractivity contribution is 7.07. The van der Waals surface area contributed by atoms with Crippen LogP contribution in [0.2, 0.25) is 5.02 Å². The van der Waals surface area contributed by atoms with Crippen LogP contribution in [0, 0.1) is 0 Å². The lowest BCUT2D eigenvalue weighted by atomic mass is 10.2. The van der Waals surface area contributed by atoms with Crippen molar-refractivity contribution in [1.29, 1.82) is 0 Å². The third kappa shape index (κ3) is 2.46. The number of aromatic nitrogens is 1. The summed E-state index contributed by atoms with van der Waals surface area (Å²) in [5.74, 6) is 0. The van der Waals surface area contributed by atoms with Gasteiger partial charge < -0.3 is 10.6 Å². The number of hydrogen-bond acceptors (Lipinski definition) is 4. The van der Waals surface area contributed by atoms with Crippen molar-refractivity contribution in [2.75, 3.05) is 17.7 Å². The Balaban J connectivity index is 2.17. The van der Waals surface area contributed by atoms with Gasteiger partial charge in [0.25, 0.3) is 0 Å². The highest BCUT2D eigenvalue weighted by Crippen LogP contribution is 2.26. The predicted octanol–water partition coefficient (Wildman–Crippen LogP) is 3.02. The second-order valence-electron chi connectivity index (χ2n) is 3.54. The first-order valence-electron chi connectivity index (χ1n) is 4.80. The number of rotatable bonds is 3. The Labute approximate surface area is 103 Å². The molecule has 16 heavy (non-hydrogen) atoms. The fraction of sp³-hybridized carbons (Fsp3) is 0.182. The Morgan fingerprint density at radius 2 is 2.31 bits per heavy atom. The van der Waals surface area contributed by atoms with E-state index in [-0.39, 0.29) is 0 Å². The van der Waals surface area contributed by atoms with Gasteiger partial charge in [-0.3, -0.25) is 0 Å². The summed E-state index contributed by atoms with van der Waals surface area (Å²) in [6.45, 7) is 0.745. The van der Waals surface area contributed by atoms with Crippen LogP contribution >= 0.6 is 22.9 Å². The van der Waals surface area contributed by atoms with Crippen LogP contribution in [0.25, 0.3) is 0 Å². The summed E-state index contributed by atoms with van der Waals surface area (Å²) in [4.78, 5) is 6.30. The van der Waals surface area contributed by atoms with E-state index < -0.39 is 0 Å². The lowest BCUT2D eigenvalue weighted by Gasteiger charge is -2.20. The summed E-state index contributed by atoms with van der Waals surface area (Å²) in [5, 5.41) is 2.69. The van der Waals surface area contributed by atoms with E-state index >= 15 is 0 Å². The van der Waals surface area contributed by atoms with Crippen molar-refractivity contribution >= 4 is 34.3 Å². The van der Waals surface area contributed by atoms with Gasteiger partial charge in [0, 0.05) is 17.5 Å². The van der Waals surface area contributed by atoms with Crippen LogP contribution in [-0.4, -0.2) is 12.0 Å². The molecule has 0 fully saturated rings. The number of benzene rings is 1. The molecule has 2 N–H and O–H groups in total. The molecule has 0 spiro atoms. The summed E-state index contributed by atoms with van der Waals surface area (Å²) < 4.78 is 0. The molecule has 0 saturated heterocycles. The van der Waals surface area contributed by atoms with Gasteiger partial charge >= 0.3 is 0 Å². The second kappa shape index (κ2) is 4.72. The summed E-state index contributed by atoms with van der Waals surface area (Å²) in [5.41, 5.74) is 10.4. The monoisotopic (exact) mass is 253 g/mol. The molecule has 0 aliphatic rings. The number of anilines is 2. The Kier molecular flexibility index (Phi) is 3.31. The molecule has 2 aromatic rings. The molecule has 0 atom stereocenters. The van der Waals surface area contributed by atoms with Gasteiger partial charge in [0.15, 0.2) is 0 Å². The normalized spacial score (nSPS) is 10.4. The first-order chi connectivity index (χ1) is 7.66. The molecule has 0 radical (unpaired) electrons. The molecule has 2 rings (SSSR count). The Bertz CT molecular complexity index is 470. The quantitative estimate of drug-likeness (QED) is 0.855. The molecule has 0 bridgehead atoms. The zero-order valence-electron chi connectivity index (χ0n) is 8.85. The topological polar surface area (TPSA) is 42.2 Å². The Morgan fingerprint density at radius 1 is 1.50 bits per heavy atom. The highest BCUT2D eigenvalue weighted by atomic mass is 35.5. The molecule has 1 aromatic heterocycles. The van der Waals surface area contributed by atoms with Gasteiger partial charge in [-0.15, -0.1) is 11.3 Å². The standard InChI is InChI=1S/C11H12ClN3S/c1-15(5-9-6-16-7-14-9)11-3-2-8(12)4-10(11)13/h2-4,6-7H,5,13H2,1H3. The smallest absolute Gasteiger partial charge is 0.0795 e. The molecule has 1 aromatic carbocycles. The van der Waals surface area contributed by atoms with E-state index in [0.717, 1.165) is 17.9 Å². The zero-order valence-corrected chi connectivity index (χ0v) is 10.4. The van der Waals surface area contributed by atoms with Crippen LogP contribution in [-0.2, 0) is 6.54 Å². The van der Waals surface area contributed by atoms with Crippen LogP contribution < -0.4 is 10.6 Å². The lowest BCUT2D eigenvalue weighted by Crippen LogP contribution is -2.17. The first kappa shape index (κ1) is 11.2. The number of halogens is 1. The maximum atomic E-state index is 5.91. The van der Waals surface area contributed by atoms with Crippen LogP contribution in [0.15, 0.2) is 29.1 Å². The number of nitrogen functional groups attached to an aromatic ring is 1. The highest BCUT2D eigenvalue weighted by Gasteiger charge is 2.07. The Morgan fingerprint density at radius 3 is 2.94 bits per heavy atom. The number of nitrogens with two attached hydrogens (primary N) is 1. The fourth-order valence-electron chi connectivity index (χ4n) is 1.52. The van der Waals surface area contributed by atoms with Crippen molar-refractivity contribution in [3.05, 3.63) is 39.8 Å². The molecule has 1 heterocycles. The van der Waals surface area contributed by atoms with Crippen molar-refractivity contribution in [3.63, 3.8) is 0 Å². The fourth-order valence-corrected chi connectivity index (χ4v) is 2.25. The van der Waals surface area contributed by atoms with Crippen LogP contribution in [0.5, 0.6) is 0 Å². The van der Waals surface area contributed by atoms with E-state index in [4.69, 9.17) is 17.3 Å². The SMILES string of the molecule is CN(Cc1cscn1)c1ccc(Cl)cc1N. The van der Waals surface area contributed by atoms with E-state index in [9.17, 15) is 0 Å². The molecule has 0 aliphatic carbocycles. The van der Waals surface area contributed by atoms with E-state index in [2.05, 4.69) is 9.88 Å². The molecule has 0 amide bonds. The maximum Gasteiger partial charge on any atom is 0.0795 e. The van der Waals surface area contributed by atoms with Gasteiger partial charge in [0.1, 0.15) is 0 Å². The minimum Gasteiger partial charge on any atom is -0.397 e. The minimum absolute atomic E-state index is 0.656. The van der Waals surface area contributed by atoms with Gasteiger partial charge in [-0.25, -0.2) is 4.98 Å². The van der Waals surface area contributed by atoms with Gasteiger partial charge in [-0.1, -0.05) is 11.6 Å². The van der Waals surface area contributed by atoms with Gasteiger partial charge in [0.2, 0.25) is 0 Å². The van der Waals surface area contributed by atoms with Gasteiger partial charge in [-0.05, 0) is 18.2 Å². The van der Waals surface area contributed by atoms with Crippen molar-refractivity contribution in [1.82, 2.24) is 4.98 Å². The largest absolute Gasteiger partial charge is 0.397 e. The van der Waals surface area contributed by atoms with E-state index in [0.29, 0.717) is 10.7 Å². The first-order valence-corrected chi connectivity index (χ1v) is 6.12. The summed E-state index contributed by atoms with van der Waals surface area (Å²) >= 11 is 7.45. The molecule has 84 valence electrons. The van der Waals surface area contributed by atoms with Gasteiger partial charge in [0.05, 0.1) is 29.1 Å². The number of hydrogen-bond donors (Lipinski definition) is 1. The average molecular weight is 254 g/mol. The molecule has 0 unspecified atom stereocenters. The lowest BCUT2D eigenvalue weighted by molar-refractivity contribution is 0.896. The third-order valence-corrected chi connectivity index (χ3v) is 3.15. The second-order valence-corrected chi connectivity index (χ2v) is 4.69. The third-order valence-electron chi connectivity index (χ3n) is 2.28. The van der Waals surface area contributed by atoms with Crippen LogP contribution in [0.4, 0.5) is 11.4 Å². The van der Waals surface area contributed by atoms with E-state index in [1.165, 1.54) is 0 Å². The van der Waals surface area contributed by atoms with Gasteiger partial charge in [-0.2, -0.15) is 0 Å². The summed E-state index contributed by atoms with van der Waals surface area (Å²) in [6, 6.07) is 5.52. The zero-order chi connectivity index (χ0) is 11.5. The van der Waals surface area contributed by atoms with Crippen molar-refractivity contribution < 1.29 is 0 Å². The molecule has 3 nitrogen and oxygen atoms in total. The van der Waals surface area contributed by atoms with Crippen LogP contribution in [0.1, 0.15) is 5.69 Å². The number of nitrogens with zero attached hydrogens (tertiary/aromatic N) is 2. The summed E-state index contributed by atoms with van der Waals surface area (Å²) in [7, 11) is 1.99. The minimum atomic E-state index is 0.656. The maximum absolute atomic E-state index is 5.91. The molecular formula is C11H12ClN3S.